The van der Waals surface area contributed by atoms with Gasteiger partial charge in [-0.1, -0.05) is 25.1 Å². The molecule has 1 amide bonds. The second-order valence-corrected chi connectivity index (χ2v) is 5.70. The molecule has 1 aromatic heterocycles. The number of carbonyl (C=O) groups is 1. The van der Waals surface area contributed by atoms with Crippen molar-refractivity contribution < 1.29 is 9.21 Å². The van der Waals surface area contributed by atoms with Crippen LogP contribution in [0, 0.1) is 6.92 Å². The second kappa shape index (κ2) is 5.90. The highest BCUT2D eigenvalue weighted by Gasteiger charge is 2.29. The number of furan rings is 1. The van der Waals surface area contributed by atoms with Gasteiger partial charge in [-0.25, -0.2) is 0 Å². The van der Waals surface area contributed by atoms with Gasteiger partial charge in [0, 0.05) is 30.1 Å². The molecule has 1 atom stereocenters. The minimum absolute atomic E-state index is 0.0271. The van der Waals surface area contributed by atoms with Crippen LogP contribution in [0.5, 0.6) is 0 Å². The number of aryl methyl sites for hydroxylation is 1. The van der Waals surface area contributed by atoms with E-state index >= 15 is 0 Å². The van der Waals surface area contributed by atoms with Crippen LogP contribution in [0.2, 0.25) is 0 Å². The number of nitrogens with one attached hydrogen (secondary N) is 1. The van der Waals surface area contributed by atoms with Crippen molar-refractivity contribution in [2.45, 2.75) is 32.7 Å². The van der Waals surface area contributed by atoms with Gasteiger partial charge in [-0.2, -0.15) is 0 Å². The zero-order chi connectivity index (χ0) is 14.8. The molecule has 4 heteroatoms. The summed E-state index contributed by atoms with van der Waals surface area (Å²) in [6.07, 6.45) is 1.98. The van der Waals surface area contributed by atoms with Crippen molar-refractivity contribution in [3.63, 3.8) is 0 Å². The lowest BCUT2D eigenvalue weighted by Gasteiger charge is -2.27. The van der Waals surface area contributed by atoms with Gasteiger partial charge in [-0.05, 0) is 32.4 Å². The fourth-order valence-electron chi connectivity index (χ4n) is 3.11. The molecule has 0 spiro atoms. The lowest BCUT2D eigenvalue weighted by molar-refractivity contribution is 0.0661. The van der Waals surface area contributed by atoms with Crippen molar-refractivity contribution in [1.82, 2.24) is 10.2 Å². The van der Waals surface area contributed by atoms with Crippen molar-refractivity contribution in [1.29, 1.82) is 0 Å². The van der Waals surface area contributed by atoms with Crippen molar-refractivity contribution in [2.24, 2.45) is 0 Å². The largest absolute Gasteiger partial charge is 0.451 e. The Labute approximate surface area is 125 Å². The van der Waals surface area contributed by atoms with Gasteiger partial charge in [0.15, 0.2) is 5.76 Å². The first-order chi connectivity index (χ1) is 10.2. The molecule has 2 heterocycles. The lowest BCUT2D eigenvalue weighted by Crippen LogP contribution is -2.42. The topological polar surface area (TPSA) is 45.5 Å². The molecule has 0 aliphatic carbocycles. The Bertz CT molecular complexity index is 641. The second-order valence-electron chi connectivity index (χ2n) is 5.70. The average Bonchev–Trinajstić information content (AvgIpc) is 3.13. The van der Waals surface area contributed by atoms with E-state index < -0.39 is 0 Å². The maximum absolute atomic E-state index is 12.9. The van der Waals surface area contributed by atoms with Crippen LogP contribution in [0.4, 0.5) is 0 Å². The van der Waals surface area contributed by atoms with Crippen LogP contribution in [0.3, 0.4) is 0 Å². The summed E-state index contributed by atoms with van der Waals surface area (Å²) in [6.45, 7) is 6.72. The Hall–Kier alpha value is -1.81. The zero-order valence-electron chi connectivity index (χ0n) is 12.7. The molecule has 21 heavy (non-hydrogen) atoms. The third-order valence-corrected chi connectivity index (χ3v) is 4.24. The van der Waals surface area contributed by atoms with Crippen molar-refractivity contribution in [3.05, 3.63) is 35.6 Å². The molecule has 1 aliphatic heterocycles. The normalized spacial score (nSPS) is 18.3. The van der Waals surface area contributed by atoms with Crippen molar-refractivity contribution in [3.8, 4) is 0 Å². The van der Waals surface area contributed by atoms with Gasteiger partial charge in [0.05, 0.1) is 0 Å². The minimum Gasteiger partial charge on any atom is -0.451 e. The molecule has 112 valence electrons. The van der Waals surface area contributed by atoms with Gasteiger partial charge in [0.25, 0.3) is 5.91 Å². The molecule has 0 saturated carbocycles. The van der Waals surface area contributed by atoms with Gasteiger partial charge < -0.3 is 14.6 Å². The maximum atomic E-state index is 12.9. The number of amides is 1. The standard InChI is InChI=1S/C17H22N2O2/c1-3-10-19(13-8-9-18-11-13)17(20)16-12(2)14-6-4-5-7-15(14)21-16/h4-7,13,18H,3,8-11H2,1-2H3. The molecule has 0 bridgehead atoms. The number of nitrogens with zero attached hydrogens (tertiary/aromatic N) is 1. The van der Waals surface area contributed by atoms with Crippen LogP contribution in [-0.2, 0) is 0 Å². The molecule has 1 aromatic carbocycles. The molecule has 0 radical (unpaired) electrons. The summed E-state index contributed by atoms with van der Waals surface area (Å²) < 4.78 is 5.84. The summed E-state index contributed by atoms with van der Waals surface area (Å²) in [6, 6.07) is 8.12. The smallest absolute Gasteiger partial charge is 0.290 e. The first-order valence-corrected chi connectivity index (χ1v) is 7.72. The number of hydrogen-bond acceptors (Lipinski definition) is 3. The Balaban J connectivity index is 1.95. The number of carbonyl (C=O) groups excluding carboxylic acids is 1. The first-order valence-electron chi connectivity index (χ1n) is 7.72. The zero-order valence-corrected chi connectivity index (χ0v) is 12.7. The highest BCUT2D eigenvalue weighted by molar-refractivity contribution is 5.99. The Morgan fingerprint density at radius 3 is 2.90 bits per heavy atom. The summed E-state index contributed by atoms with van der Waals surface area (Å²) in [5.41, 5.74) is 1.74. The fraction of sp³-hybridized carbons (Fsp3) is 0.471. The fourth-order valence-corrected chi connectivity index (χ4v) is 3.11. The van der Waals surface area contributed by atoms with Gasteiger partial charge >= 0.3 is 0 Å². The van der Waals surface area contributed by atoms with Crippen molar-refractivity contribution in [2.75, 3.05) is 19.6 Å². The summed E-state index contributed by atoms with van der Waals surface area (Å²) in [4.78, 5) is 14.9. The predicted molar refractivity (Wildman–Crippen MR) is 83.6 cm³/mol. The Kier molecular flexibility index (Phi) is 3.97. The summed E-state index contributed by atoms with van der Waals surface area (Å²) >= 11 is 0. The number of para-hydroxylation sites is 1. The third kappa shape index (κ3) is 2.56. The number of hydrogen-bond donors (Lipinski definition) is 1. The number of benzene rings is 1. The van der Waals surface area contributed by atoms with E-state index in [1.165, 1.54) is 0 Å². The molecule has 1 fully saturated rings. The quantitative estimate of drug-likeness (QED) is 0.940. The van der Waals surface area contributed by atoms with Gasteiger partial charge in [0.1, 0.15) is 5.58 Å². The highest BCUT2D eigenvalue weighted by atomic mass is 16.3. The SMILES string of the molecule is CCCN(C(=O)c1oc2ccccc2c1C)C1CCNC1. The van der Waals surface area contributed by atoms with Crippen molar-refractivity contribution >= 4 is 16.9 Å². The molecule has 4 nitrogen and oxygen atoms in total. The maximum Gasteiger partial charge on any atom is 0.290 e. The van der Waals surface area contributed by atoms with Gasteiger partial charge in [0.2, 0.25) is 0 Å². The predicted octanol–water partition coefficient (Wildman–Crippen LogP) is 2.96. The van der Waals surface area contributed by atoms with Crippen LogP contribution in [0.15, 0.2) is 28.7 Å². The van der Waals surface area contributed by atoms with Crippen LogP contribution in [0.1, 0.15) is 35.9 Å². The molecular formula is C17H22N2O2. The number of rotatable bonds is 4. The van der Waals surface area contributed by atoms with Crippen LogP contribution in [0.25, 0.3) is 11.0 Å². The van der Waals surface area contributed by atoms with E-state index in [0.717, 1.165) is 49.0 Å². The van der Waals surface area contributed by atoms with Crippen LogP contribution >= 0.6 is 0 Å². The molecule has 1 N–H and O–H groups in total. The van der Waals surface area contributed by atoms with Gasteiger partial charge in [-0.15, -0.1) is 0 Å². The average molecular weight is 286 g/mol. The highest BCUT2D eigenvalue weighted by Crippen LogP contribution is 2.27. The van der Waals surface area contributed by atoms with E-state index in [-0.39, 0.29) is 11.9 Å². The molecule has 1 saturated heterocycles. The monoisotopic (exact) mass is 286 g/mol. The van der Waals surface area contributed by atoms with Crippen LogP contribution in [-0.4, -0.2) is 36.5 Å². The van der Waals surface area contributed by atoms with E-state index in [4.69, 9.17) is 4.42 Å². The molecular weight excluding hydrogens is 264 g/mol. The Morgan fingerprint density at radius 1 is 1.43 bits per heavy atom. The summed E-state index contributed by atoms with van der Waals surface area (Å²) in [7, 11) is 0. The summed E-state index contributed by atoms with van der Waals surface area (Å²) in [5, 5.41) is 4.36. The van der Waals surface area contributed by atoms with E-state index in [1.54, 1.807) is 0 Å². The lowest BCUT2D eigenvalue weighted by atomic mass is 10.1. The van der Waals surface area contributed by atoms with E-state index in [2.05, 4.69) is 12.2 Å². The Morgan fingerprint density at radius 2 is 2.24 bits per heavy atom. The van der Waals surface area contributed by atoms with E-state index in [9.17, 15) is 4.79 Å². The number of fused-ring (bicyclic) bond motifs is 1. The molecule has 3 rings (SSSR count). The first kappa shape index (κ1) is 14.1. The molecule has 1 unspecified atom stereocenters. The minimum atomic E-state index is 0.0271. The molecule has 2 aromatic rings. The van der Waals surface area contributed by atoms with E-state index in [0.29, 0.717) is 5.76 Å². The molecule has 1 aliphatic rings. The van der Waals surface area contributed by atoms with E-state index in [1.807, 2.05) is 36.1 Å². The van der Waals surface area contributed by atoms with Crippen LogP contribution < -0.4 is 5.32 Å². The third-order valence-electron chi connectivity index (χ3n) is 4.24. The van der Waals surface area contributed by atoms with Gasteiger partial charge in [-0.3, -0.25) is 4.79 Å². The summed E-state index contributed by atoms with van der Waals surface area (Å²) in [5.74, 6) is 0.524.